The van der Waals surface area contributed by atoms with Crippen molar-refractivity contribution in [2.45, 2.75) is 97.2 Å². The lowest BCUT2D eigenvalue weighted by atomic mass is 10.0. The third-order valence-corrected chi connectivity index (χ3v) is 11.7. The number of fused-ring (bicyclic) bond motifs is 3. The van der Waals surface area contributed by atoms with Gasteiger partial charge >= 0.3 is 6.18 Å². The lowest BCUT2D eigenvalue weighted by Gasteiger charge is -2.37. The molecule has 8 nitrogen and oxygen atoms in total. The summed E-state index contributed by atoms with van der Waals surface area (Å²) >= 11 is 0. The van der Waals surface area contributed by atoms with Crippen LogP contribution in [-0.2, 0) is 29.4 Å². The van der Waals surface area contributed by atoms with Crippen LogP contribution in [0.4, 0.5) is 13.2 Å². The van der Waals surface area contributed by atoms with Crippen molar-refractivity contribution in [3.63, 3.8) is 0 Å². The summed E-state index contributed by atoms with van der Waals surface area (Å²) in [7, 11) is -3.31. The molecule has 2 fully saturated rings. The topological polar surface area (TPSA) is 81.6 Å². The van der Waals surface area contributed by atoms with Gasteiger partial charge in [-0.2, -0.15) is 30.2 Å². The quantitative estimate of drug-likeness (QED) is 0.216. The third-order valence-electron chi connectivity index (χ3n) is 9.71. The summed E-state index contributed by atoms with van der Waals surface area (Å²) in [5.41, 5.74) is 1.27. The first-order valence-electron chi connectivity index (χ1n) is 16.7. The van der Waals surface area contributed by atoms with Crippen LogP contribution in [0.15, 0.2) is 23.0 Å². The van der Waals surface area contributed by atoms with Crippen molar-refractivity contribution in [3.8, 4) is 0 Å². The number of hydrogen-bond donors (Lipinski definition) is 1. The van der Waals surface area contributed by atoms with Gasteiger partial charge in [0.15, 0.2) is 0 Å². The summed E-state index contributed by atoms with van der Waals surface area (Å²) in [6.45, 7) is 9.74. The fourth-order valence-electron chi connectivity index (χ4n) is 7.31. The molecule has 2 aliphatic rings. The molecule has 2 aromatic heterocycles. The summed E-state index contributed by atoms with van der Waals surface area (Å²) in [6, 6.07) is 4.11. The van der Waals surface area contributed by atoms with E-state index in [1.165, 1.54) is 6.42 Å². The van der Waals surface area contributed by atoms with E-state index >= 15 is 0 Å². The Morgan fingerprint density at radius 2 is 1.40 bits per heavy atom. The number of pyridine rings is 1. The number of aromatic nitrogens is 2. The second-order valence-corrected chi connectivity index (χ2v) is 14.6. The second-order valence-electron chi connectivity index (χ2n) is 12.7. The first-order chi connectivity index (χ1) is 21.5. The van der Waals surface area contributed by atoms with Gasteiger partial charge in [0, 0.05) is 79.4 Å². The van der Waals surface area contributed by atoms with Crippen molar-refractivity contribution < 1.29 is 21.6 Å². The number of rotatable bonds is 13. The fraction of sp³-hybridized carbons (Fsp3) is 0.667. The zero-order valence-corrected chi connectivity index (χ0v) is 27.5. The third kappa shape index (κ3) is 7.60. The molecule has 0 aliphatic carbocycles. The van der Waals surface area contributed by atoms with Crippen LogP contribution in [0.1, 0.15) is 88.0 Å². The number of alkyl halides is 3. The molecule has 3 aromatic rings. The zero-order chi connectivity index (χ0) is 32.2. The molecule has 1 aromatic carbocycles. The van der Waals surface area contributed by atoms with Crippen LogP contribution in [0.25, 0.3) is 21.8 Å². The number of nitrogens with zero attached hydrogens (tertiary/aromatic N) is 4. The number of halogens is 3. The molecule has 1 N–H and O–H groups in total. The summed E-state index contributed by atoms with van der Waals surface area (Å²) < 4.78 is 73.2. The average Bonchev–Trinajstić information content (AvgIpc) is 3.30. The molecule has 0 spiro atoms. The number of H-pyrrole nitrogens is 1. The van der Waals surface area contributed by atoms with Gasteiger partial charge in [-0.25, -0.2) is 0 Å². The van der Waals surface area contributed by atoms with Gasteiger partial charge in [-0.15, -0.1) is 0 Å². The molecule has 0 amide bonds. The van der Waals surface area contributed by atoms with Gasteiger partial charge in [0.1, 0.15) is 0 Å². The molecule has 4 heterocycles. The zero-order valence-electron chi connectivity index (χ0n) is 26.7. The van der Waals surface area contributed by atoms with Crippen LogP contribution in [0.2, 0.25) is 0 Å². The highest BCUT2D eigenvalue weighted by atomic mass is 32.2. The number of aryl methyl sites for hydroxylation is 2. The number of piperidine rings is 1. The molecule has 5 rings (SSSR count). The van der Waals surface area contributed by atoms with Crippen LogP contribution < -0.4 is 5.56 Å². The summed E-state index contributed by atoms with van der Waals surface area (Å²) in [5, 5.41) is 0.660. The van der Waals surface area contributed by atoms with Crippen LogP contribution >= 0.6 is 0 Å². The van der Waals surface area contributed by atoms with E-state index in [1.54, 1.807) is 14.7 Å². The van der Waals surface area contributed by atoms with Crippen LogP contribution in [-0.4, -0.2) is 77.3 Å². The van der Waals surface area contributed by atoms with Gasteiger partial charge < -0.3 is 14.5 Å². The summed E-state index contributed by atoms with van der Waals surface area (Å²) in [4.78, 5) is 16.9. The van der Waals surface area contributed by atoms with Crippen LogP contribution in [0.3, 0.4) is 0 Å². The van der Waals surface area contributed by atoms with Crippen LogP contribution in [0.5, 0.6) is 0 Å². The maximum Gasteiger partial charge on any atom is 0.417 e. The van der Waals surface area contributed by atoms with Gasteiger partial charge in [0.05, 0.1) is 5.56 Å². The van der Waals surface area contributed by atoms with E-state index in [0.717, 1.165) is 107 Å². The van der Waals surface area contributed by atoms with Crippen molar-refractivity contribution in [2.75, 3.05) is 45.8 Å². The summed E-state index contributed by atoms with van der Waals surface area (Å²) in [5.74, 6) is 0. The second kappa shape index (κ2) is 14.6. The predicted octanol–water partition coefficient (Wildman–Crippen LogP) is 6.45. The smallest absolute Gasteiger partial charge is 0.344 e. The highest BCUT2D eigenvalue weighted by Crippen LogP contribution is 2.39. The molecular formula is C33H48F3N5O3S. The molecule has 0 saturated carbocycles. The molecule has 0 unspecified atom stereocenters. The summed E-state index contributed by atoms with van der Waals surface area (Å²) in [6.07, 6.45) is 6.86. The van der Waals surface area contributed by atoms with Crippen molar-refractivity contribution >= 4 is 32.0 Å². The maximum atomic E-state index is 14.0. The lowest BCUT2D eigenvalue weighted by Crippen LogP contribution is -2.53. The number of benzene rings is 1. The molecule has 0 bridgehead atoms. The Kier molecular flexibility index (Phi) is 11.0. The number of piperazine rings is 1. The van der Waals surface area contributed by atoms with E-state index in [1.807, 2.05) is 19.9 Å². The van der Waals surface area contributed by atoms with Crippen molar-refractivity contribution in [1.29, 1.82) is 0 Å². The Bertz CT molecular complexity index is 1620. The van der Waals surface area contributed by atoms with Crippen molar-refractivity contribution in [3.05, 3.63) is 45.4 Å². The largest absolute Gasteiger partial charge is 0.417 e. The minimum absolute atomic E-state index is 0.0786. The van der Waals surface area contributed by atoms with E-state index in [2.05, 4.69) is 14.5 Å². The van der Waals surface area contributed by atoms with Gasteiger partial charge in [-0.05, 0) is 63.3 Å². The highest BCUT2D eigenvalue weighted by molar-refractivity contribution is 7.86. The fourth-order valence-corrected chi connectivity index (χ4v) is 8.98. The Hall–Kier alpha value is -2.41. The van der Waals surface area contributed by atoms with Crippen LogP contribution in [0, 0.1) is 6.92 Å². The van der Waals surface area contributed by atoms with Crippen molar-refractivity contribution in [1.82, 2.24) is 23.1 Å². The molecule has 2 saturated heterocycles. The Balaban J connectivity index is 1.05. The normalized spacial score (nSPS) is 18.0. The first-order valence-corrected chi connectivity index (χ1v) is 18.1. The molecule has 250 valence electrons. The number of hydrogen-bond acceptors (Lipinski definition) is 4. The Morgan fingerprint density at radius 1 is 0.800 bits per heavy atom. The van der Waals surface area contributed by atoms with E-state index < -0.39 is 27.5 Å². The Morgan fingerprint density at radius 3 is 2.02 bits per heavy atom. The molecule has 0 atom stereocenters. The monoisotopic (exact) mass is 651 g/mol. The van der Waals surface area contributed by atoms with Gasteiger partial charge in [-0.3, -0.25) is 4.79 Å². The maximum absolute atomic E-state index is 14.0. The average molecular weight is 652 g/mol. The molecule has 0 radical (unpaired) electrons. The minimum Gasteiger partial charge on any atom is -0.344 e. The predicted molar refractivity (Wildman–Crippen MR) is 174 cm³/mol. The van der Waals surface area contributed by atoms with E-state index in [4.69, 9.17) is 0 Å². The molecule has 2 aliphatic heterocycles. The van der Waals surface area contributed by atoms with Crippen molar-refractivity contribution in [2.24, 2.45) is 0 Å². The number of nitrogens with one attached hydrogen (secondary N) is 1. The van der Waals surface area contributed by atoms with Gasteiger partial charge in [0.2, 0.25) is 5.56 Å². The minimum atomic E-state index is -4.62. The standard InChI is InChI=1S/C33H48F3N5O3S/c1-3-28-25(2)31-29(15-14-27-32(31)26(33(34,35)36)24-30(42)37-27)41(28)19-13-8-6-4-5-7-10-16-38-20-22-40(23-21-38)45(43,44)39-17-11-9-12-18-39/h14-15,24H,3-13,16-23H2,1-2H3,(H,37,42). The highest BCUT2D eigenvalue weighted by Gasteiger charge is 2.35. The molecule has 12 heteroatoms. The Labute approximate surface area is 264 Å². The van der Waals surface area contributed by atoms with E-state index in [-0.39, 0.29) is 10.9 Å². The van der Waals surface area contributed by atoms with Gasteiger partial charge in [0.25, 0.3) is 10.2 Å². The first kappa shape index (κ1) is 33.9. The number of unbranched alkanes of at least 4 members (excludes halogenated alkanes) is 6. The molecule has 45 heavy (non-hydrogen) atoms. The van der Waals surface area contributed by atoms with E-state index in [9.17, 15) is 26.4 Å². The SMILES string of the molecule is CCc1c(C)c2c3c(C(F)(F)F)cc(=O)[nH]c3ccc2n1CCCCCCCCCN1CCN(S(=O)(=O)N2CCCCC2)CC1. The van der Waals surface area contributed by atoms with Gasteiger partial charge in [-0.1, -0.05) is 45.4 Å². The lowest BCUT2D eigenvalue weighted by molar-refractivity contribution is -0.136. The number of aromatic amines is 1. The van der Waals surface area contributed by atoms with E-state index in [0.29, 0.717) is 37.6 Å². The molecular weight excluding hydrogens is 603 g/mol.